The topological polar surface area (TPSA) is 63.2 Å². The van der Waals surface area contributed by atoms with Crippen LogP contribution in [0.2, 0.25) is 0 Å². The summed E-state index contributed by atoms with van der Waals surface area (Å²) >= 11 is 1.75. The van der Waals surface area contributed by atoms with Crippen LogP contribution in [0.5, 0.6) is 0 Å². The third kappa shape index (κ3) is 3.94. The number of nitrogens with one attached hydrogen (secondary N) is 1. The molecule has 1 saturated heterocycles. The first-order chi connectivity index (χ1) is 14.1. The molecule has 1 N–H and O–H groups in total. The number of anilines is 2. The highest BCUT2D eigenvalue weighted by atomic mass is 32.1. The van der Waals surface area contributed by atoms with Crippen LogP contribution < -0.4 is 5.32 Å². The van der Waals surface area contributed by atoms with E-state index in [1.54, 1.807) is 11.3 Å². The van der Waals surface area contributed by atoms with Crippen molar-refractivity contribution in [3.63, 3.8) is 0 Å². The Labute approximate surface area is 173 Å². The van der Waals surface area contributed by atoms with E-state index in [-0.39, 0.29) is 0 Å². The molecule has 29 heavy (non-hydrogen) atoms. The Morgan fingerprint density at radius 1 is 1.03 bits per heavy atom. The molecule has 5 rings (SSSR count). The number of thiazole rings is 1. The fraction of sp³-hybridized carbons (Fsp3) is 0.318. The number of benzene rings is 2. The van der Waals surface area contributed by atoms with Gasteiger partial charge in [0.15, 0.2) is 0 Å². The van der Waals surface area contributed by atoms with E-state index < -0.39 is 0 Å². The monoisotopic (exact) mass is 405 g/mol. The second kappa shape index (κ2) is 7.67. The Bertz CT molecular complexity index is 1160. The van der Waals surface area contributed by atoms with Gasteiger partial charge in [0, 0.05) is 30.4 Å². The van der Waals surface area contributed by atoms with Crippen LogP contribution in [0.3, 0.4) is 0 Å². The summed E-state index contributed by atoms with van der Waals surface area (Å²) in [6.07, 6.45) is 1.87. The van der Waals surface area contributed by atoms with E-state index in [1.165, 1.54) is 11.1 Å². The van der Waals surface area contributed by atoms with E-state index in [1.807, 2.05) is 6.20 Å². The maximum Gasteiger partial charge on any atom is 0.227 e. The van der Waals surface area contributed by atoms with Gasteiger partial charge in [0.2, 0.25) is 5.95 Å². The summed E-state index contributed by atoms with van der Waals surface area (Å²) in [5, 5.41) is 5.47. The molecule has 0 atom stereocenters. The quantitative estimate of drug-likeness (QED) is 0.542. The third-order valence-corrected chi connectivity index (χ3v) is 6.10. The molecule has 6 nitrogen and oxygen atoms in total. The molecule has 2 aromatic carbocycles. The number of nitrogens with zero attached hydrogens (tertiary/aromatic N) is 4. The molecule has 0 amide bonds. The van der Waals surface area contributed by atoms with Crippen LogP contribution in [0, 0.1) is 13.8 Å². The minimum atomic E-state index is 0.595. The van der Waals surface area contributed by atoms with Crippen LogP contribution >= 0.6 is 11.3 Å². The Balaban J connectivity index is 1.48. The van der Waals surface area contributed by atoms with E-state index in [0.717, 1.165) is 64.7 Å². The molecule has 7 heteroatoms. The summed E-state index contributed by atoms with van der Waals surface area (Å²) in [6, 6.07) is 10.6. The zero-order chi connectivity index (χ0) is 19.8. The van der Waals surface area contributed by atoms with E-state index in [9.17, 15) is 0 Å². The molecule has 1 aliphatic rings. The Morgan fingerprint density at radius 3 is 2.62 bits per heavy atom. The molecule has 0 radical (unpaired) electrons. The maximum absolute atomic E-state index is 5.45. The maximum atomic E-state index is 5.45. The summed E-state index contributed by atoms with van der Waals surface area (Å²) < 4.78 is 6.61. The van der Waals surface area contributed by atoms with Gasteiger partial charge in [-0.3, -0.25) is 4.90 Å². The van der Waals surface area contributed by atoms with Crippen molar-refractivity contribution in [3.05, 3.63) is 52.7 Å². The fourth-order valence-electron chi connectivity index (χ4n) is 3.78. The second-order valence-corrected chi connectivity index (χ2v) is 8.66. The number of rotatable bonds is 4. The predicted octanol–water partition coefficient (Wildman–Crippen LogP) is 4.43. The molecule has 0 bridgehead atoms. The fourth-order valence-corrected chi connectivity index (χ4v) is 4.80. The average Bonchev–Trinajstić information content (AvgIpc) is 3.11. The largest absolute Gasteiger partial charge is 0.379 e. The van der Waals surface area contributed by atoms with Gasteiger partial charge >= 0.3 is 0 Å². The van der Waals surface area contributed by atoms with Crippen LogP contribution in [-0.4, -0.2) is 46.2 Å². The molecule has 0 unspecified atom stereocenters. The molecule has 1 aliphatic heterocycles. The van der Waals surface area contributed by atoms with Gasteiger partial charge < -0.3 is 10.1 Å². The van der Waals surface area contributed by atoms with Crippen molar-refractivity contribution in [2.24, 2.45) is 0 Å². The van der Waals surface area contributed by atoms with Gasteiger partial charge in [-0.15, -0.1) is 11.3 Å². The van der Waals surface area contributed by atoms with Crippen molar-refractivity contribution in [3.8, 4) is 0 Å². The van der Waals surface area contributed by atoms with Gasteiger partial charge in [-0.2, -0.15) is 0 Å². The predicted molar refractivity (Wildman–Crippen MR) is 118 cm³/mol. The Kier molecular flexibility index (Phi) is 4.87. The van der Waals surface area contributed by atoms with Gasteiger partial charge in [-0.05, 0) is 49.2 Å². The highest BCUT2D eigenvalue weighted by molar-refractivity contribution is 7.18. The van der Waals surface area contributed by atoms with Crippen molar-refractivity contribution in [2.45, 2.75) is 20.4 Å². The van der Waals surface area contributed by atoms with Gasteiger partial charge in [0.05, 0.1) is 24.5 Å². The third-order valence-electron chi connectivity index (χ3n) is 5.09. The summed E-state index contributed by atoms with van der Waals surface area (Å²) in [7, 11) is 0. The van der Waals surface area contributed by atoms with Gasteiger partial charge in [0.25, 0.3) is 0 Å². The van der Waals surface area contributed by atoms with Gasteiger partial charge in [-0.25, -0.2) is 15.0 Å². The van der Waals surface area contributed by atoms with Crippen LogP contribution in [0.1, 0.15) is 16.1 Å². The van der Waals surface area contributed by atoms with Crippen LogP contribution in [0.4, 0.5) is 11.6 Å². The molecule has 0 aliphatic carbocycles. The van der Waals surface area contributed by atoms with E-state index in [2.05, 4.69) is 59.4 Å². The van der Waals surface area contributed by atoms with Crippen molar-refractivity contribution in [1.82, 2.24) is 19.9 Å². The average molecular weight is 406 g/mol. The zero-order valence-corrected chi connectivity index (χ0v) is 17.4. The molecule has 2 aromatic heterocycles. The van der Waals surface area contributed by atoms with E-state index in [4.69, 9.17) is 14.7 Å². The van der Waals surface area contributed by atoms with Crippen molar-refractivity contribution in [2.75, 3.05) is 31.6 Å². The highest BCUT2D eigenvalue weighted by Crippen LogP contribution is 2.30. The molecule has 148 valence electrons. The smallest absolute Gasteiger partial charge is 0.227 e. The van der Waals surface area contributed by atoms with Crippen LogP contribution in [0.25, 0.3) is 21.1 Å². The number of hydrogen-bond acceptors (Lipinski definition) is 7. The van der Waals surface area contributed by atoms with Crippen LogP contribution in [0.15, 0.2) is 36.5 Å². The molecular formula is C22H23N5OS. The first-order valence-corrected chi connectivity index (χ1v) is 10.7. The van der Waals surface area contributed by atoms with Gasteiger partial charge in [-0.1, -0.05) is 6.07 Å². The number of aryl methyl sites for hydroxylation is 2. The number of aromatic nitrogens is 3. The van der Waals surface area contributed by atoms with Crippen molar-refractivity contribution < 1.29 is 4.74 Å². The number of morpholine rings is 1. The Morgan fingerprint density at radius 2 is 1.83 bits per heavy atom. The normalized spacial score (nSPS) is 15.2. The SMILES string of the molecule is Cc1cc(C)cc(Nc2ncc3ccc4sc(CN5CCOCC5)nc4c3n2)c1. The van der Waals surface area contributed by atoms with Crippen LogP contribution in [-0.2, 0) is 11.3 Å². The molecule has 0 saturated carbocycles. The first kappa shape index (κ1) is 18.4. The highest BCUT2D eigenvalue weighted by Gasteiger charge is 2.15. The summed E-state index contributed by atoms with van der Waals surface area (Å²) in [5.41, 5.74) is 5.28. The standard InChI is InChI=1S/C22H23N5OS/c1-14-9-15(2)11-17(10-14)24-22-23-12-16-3-4-18-21(20(16)26-22)25-19(29-18)13-27-5-7-28-8-6-27/h3-4,9-12H,5-8,13H2,1-2H3,(H,23,24,26). The molecule has 1 fully saturated rings. The number of ether oxygens (including phenoxy) is 1. The molecule has 0 spiro atoms. The molecular weight excluding hydrogens is 382 g/mol. The lowest BCUT2D eigenvalue weighted by molar-refractivity contribution is 0.0342. The second-order valence-electron chi connectivity index (χ2n) is 7.54. The van der Waals surface area contributed by atoms with Gasteiger partial charge in [0.1, 0.15) is 16.0 Å². The summed E-state index contributed by atoms with van der Waals surface area (Å²) in [4.78, 5) is 16.6. The Hall–Kier alpha value is -2.61. The number of hydrogen-bond donors (Lipinski definition) is 1. The molecule has 4 aromatic rings. The minimum absolute atomic E-state index is 0.595. The first-order valence-electron chi connectivity index (χ1n) is 9.85. The summed E-state index contributed by atoms with van der Waals surface area (Å²) in [5.74, 6) is 0.595. The summed E-state index contributed by atoms with van der Waals surface area (Å²) in [6.45, 7) is 8.57. The van der Waals surface area contributed by atoms with E-state index in [0.29, 0.717) is 5.95 Å². The zero-order valence-electron chi connectivity index (χ0n) is 16.6. The minimum Gasteiger partial charge on any atom is -0.379 e. The lowest BCUT2D eigenvalue weighted by atomic mass is 10.1. The van der Waals surface area contributed by atoms with E-state index >= 15 is 0 Å². The van der Waals surface area contributed by atoms with Crippen molar-refractivity contribution >= 4 is 44.1 Å². The number of fused-ring (bicyclic) bond motifs is 3. The lowest BCUT2D eigenvalue weighted by Gasteiger charge is -2.25. The van der Waals surface area contributed by atoms with Crippen molar-refractivity contribution in [1.29, 1.82) is 0 Å². The molecule has 3 heterocycles. The lowest BCUT2D eigenvalue weighted by Crippen LogP contribution is -2.35.